The first kappa shape index (κ1) is 20.9. The third kappa shape index (κ3) is 3.53. The minimum absolute atomic E-state index is 0.340. The fourth-order valence-electron chi connectivity index (χ4n) is 5.41. The third-order valence-electron chi connectivity index (χ3n) is 7.15. The van der Waals surface area contributed by atoms with E-state index in [0.717, 1.165) is 48.8 Å². The predicted molar refractivity (Wildman–Crippen MR) is 137 cm³/mol. The van der Waals surface area contributed by atoms with E-state index in [-0.39, 0.29) is 0 Å². The maximum absolute atomic E-state index is 4.86. The van der Waals surface area contributed by atoms with E-state index in [1.807, 2.05) is 29.1 Å². The Morgan fingerprint density at radius 1 is 0.765 bits per heavy atom. The molecule has 34 heavy (non-hydrogen) atoms. The number of fused-ring (bicyclic) bond motifs is 3. The molecule has 1 aliphatic heterocycles. The van der Waals surface area contributed by atoms with Crippen molar-refractivity contribution in [3.05, 3.63) is 107 Å². The molecule has 0 saturated carbocycles. The molecule has 1 aliphatic carbocycles. The summed E-state index contributed by atoms with van der Waals surface area (Å²) in [5.74, 6) is 0. The number of nitrogens with zero attached hydrogens (tertiary/aromatic N) is 5. The van der Waals surface area contributed by atoms with Crippen LogP contribution < -0.4 is 0 Å². The summed E-state index contributed by atoms with van der Waals surface area (Å²) in [7, 11) is 0. The molecule has 5 nitrogen and oxygen atoms in total. The van der Waals surface area contributed by atoms with E-state index in [1.165, 1.54) is 22.3 Å². The van der Waals surface area contributed by atoms with Crippen LogP contribution in [0.5, 0.6) is 0 Å². The summed E-state index contributed by atoms with van der Waals surface area (Å²) in [6, 6.07) is 28.3. The average molecular weight is 448 g/mol. The van der Waals surface area contributed by atoms with Crippen molar-refractivity contribution in [2.75, 3.05) is 26.2 Å². The lowest BCUT2D eigenvalue weighted by molar-refractivity contribution is 0.114. The van der Waals surface area contributed by atoms with Crippen LogP contribution in [-0.4, -0.2) is 52.1 Å². The van der Waals surface area contributed by atoms with Crippen LogP contribution in [0.1, 0.15) is 34.1 Å². The number of hydrazone groups is 1. The van der Waals surface area contributed by atoms with Crippen LogP contribution in [-0.2, 0) is 0 Å². The van der Waals surface area contributed by atoms with Crippen molar-refractivity contribution in [2.24, 2.45) is 5.10 Å². The summed E-state index contributed by atoms with van der Waals surface area (Å²) in [6.45, 7) is 7.99. The quantitative estimate of drug-likeness (QED) is 0.403. The van der Waals surface area contributed by atoms with Crippen molar-refractivity contribution < 1.29 is 0 Å². The molecule has 1 saturated heterocycles. The Morgan fingerprint density at radius 2 is 1.35 bits per heavy atom. The van der Waals surface area contributed by atoms with Gasteiger partial charge in [0.25, 0.3) is 0 Å². The molecule has 0 N–H and O–H groups in total. The summed E-state index contributed by atoms with van der Waals surface area (Å²) in [5.41, 5.74) is 9.92. The number of aryl methyl sites for hydroxylation is 1. The van der Waals surface area contributed by atoms with Gasteiger partial charge < -0.3 is 0 Å². The molecule has 2 heterocycles. The fraction of sp³-hybridized carbons (Fsp3) is 0.241. The van der Waals surface area contributed by atoms with Crippen LogP contribution in [0, 0.1) is 13.8 Å². The number of para-hydroxylation sites is 1. The van der Waals surface area contributed by atoms with Gasteiger partial charge in [-0.05, 0) is 48.2 Å². The SMILES string of the molecule is Cc1nn(-c2ccccc2)c(C)c1/C=N/N1CCN(C2c3ccccc3-c3ccccc32)CC1. The van der Waals surface area contributed by atoms with Crippen molar-refractivity contribution in [2.45, 2.75) is 19.9 Å². The number of piperazine rings is 1. The van der Waals surface area contributed by atoms with E-state index >= 15 is 0 Å². The van der Waals surface area contributed by atoms with Crippen molar-refractivity contribution in [1.29, 1.82) is 0 Å². The van der Waals surface area contributed by atoms with Gasteiger partial charge >= 0.3 is 0 Å². The highest BCUT2D eigenvalue weighted by atomic mass is 15.5. The summed E-state index contributed by atoms with van der Waals surface area (Å²) < 4.78 is 2.00. The van der Waals surface area contributed by atoms with Crippen LogP contribution in [0.15, 0.2) is 84.0 Å². The van der Waals surface area contributed by atoms with Gasteiger partial charge in [0, 0.05) is 31.7 Å². The van der Waals surface area contributed by atoms with E-state index in [1.54, 1.807) is 0 Å². The number of hydrogen-bond acceptors (Lipinski definition) is 4. The molecule has 0 spiro atoms. The van der Waals surface area contributed by atoms with Crippen LogP contribution in [0.2, 0.25) is 0 Å². The van der Waals surface area contributed by atoms with Crippen molar-refractivity contribution >= 4 is 6.21 Å². The van der Waals surface area contributed by atoms with E-state index < -0.39 is 0 Å². The maximum Gasteiger partial charge on any atom is 0.0689 e. The largest absolute Gasteiger partial charge is 0.294 e. The number of rotatable bonds is 4. The molecular weight excluding hydrogens is 418 g/mol. The Bertz CT molecular complexity index is 1300. The van der Waals surface area contributed by atoms with Crippen molar-refractivity contribution in [3.63, 3.8) is 0 Å². The van der Waals surface area contributed by atoms with Gasteiger partial charge in [0.2, 0.25) is 0 Å². The zero-order valence-electron chi connectivity index (χ0n) is 19.7. The lowest BCUT2D eigenvalue weighted by Gasteiger charge is -2.37. The van der Waals surface area contributed by atoms with Gasteiger partial charge in [-0.15, -0.1) is 0 Å². The topological polar surface area (TPSA) is 36.7 Å². The molecule has 170 valence electrons. The normalized spacial score (nSPS) is 16.2. The second-order valence-corrected chi connectivity index (χ2v) is 9.14. The predicted octanol–water partition coefficient (Wildman–Crippen LogP) is 5.21. The van der Waals surface area contributed by atoms with Gasteiger partial charge in [-0.25, -0.2) is 4.68 Å². The van der Waals surface area contributed by atoms with Crippen LogP contribution in [0.4, 0.5) is 0 Å². The molecule has 0 unspecified atom stereocenters. The molecular formula is C29H29N5. The van der Waals surface area contributed by atoms with Gasteiger partial charge in [0.05, 0.1) is 29.3 Å². The first-order valence-corrected chi connectivity index (χ1v) is 12.0. The second-order valence-electron chi connectivity index (χ2n) is 9.14. The van der Waals surface area contributed by atoms with E-state index in [2.05, 4.69) is 84.4 Å². The van der Waals surface area contributed by atoms with Crippen LogP contribution >= 0.6 is 0 Å². The first-order valence-electron chi connectivity index (χ1n) is 12.0. The Kier molecular flexibility index (Phi) is 5.27. The Balaban J connectivity index is 1.18. The highest BCUT2D eigenvalue weighted by Gasteiger charge is 2.33. The van der Waals surface area contributed by atoms with E-state index in [0.29, 0.717) is 6.04 Å². The molecule has 0 amide bonds. The average Bonchev–Trinajstić information content (AvgIpc) is 3.37. The lowest BCUT2D eigenvalue weighted by atomic mass is 10.0. The zero-order valence-corrected chi connectivity index (χ0v) is 19.7. The van der Waals surface area contributed by atoms with Gasteiger partial charge in [-0.3, -0.25) is 9.91 Å². The molecule has 6 rings (SSSR count). The Labute approximate surface area is 201 Å². The number of aromatic nitrogens is 2. The van der Waals surface area contributed by atoms with Crippen molar-refractivity contribution in [1.82, 2.24) is 19.7 Å². The molecule has 0 atom stereocenters. The zero-order chi connectivity index (χ0) is 23.1. The van der Waals surface area contributed by atoms with Crippen molar-refractivity contribution in [3.8, 4) is 16.8 Å². The van der Waals surface area contributed by atoms with Gasteiger partial charge in [-0.2, -0.15) is 10.2 Å². The molecule has 1 fully saturated rings. The minimum Gasteiger partial charge on any atom is -0.294 e. The maximum atomic E-state index is 4.86. The monoisotopic (exact) mass is 447 g/mol. The number of hydrogen-bond donors (Lipinski definition) is 0. The number of benzene rings is 3. The standard InChI is InChI=1S/C29H29N5/c1-21-28(22(2)34(31-21)23-10-4-3-5-11-23)20-30-33-18-16-32(17-19-33)29-26-14-8-6-12-24(26)25-13-7-9-15-27(25)29/h3-15,20,29H,16-19H2,1-2H3/b30-20+. The van der Waals surface area contributed by atoms with Gasteiger partial charge in [-0.1, -0.05) is 66.7 Å². The second kappa shape index (κ2) is 8.58. The highest BCUT2D eigenvalue weighted by molar-refractivity contribution is 5.82. The first-order chi connectivity index (χ1) is 16.7. The molecule has 3 aromatic carbocycles. The fourth-order valence-corrected chi connectivity index (χ4v) is 5.41. The lowest BCUT2D eigenvalue weighted by Crippen LogP contribution is -2.45. The summed E-state index contributed by atoms with van der Waals surface area (Å²) >= 11 is 0. The molecule has 0 bridgehead atoms. The Morgan fingerprint density at radius 3 is 2.00 bits per heavy atom. The van der Waals surface area contributed by atoms with Gasteiger partial charge in [0.1, 0.15) is 0 Å². The summed E-state index contributed by atoms with van der Waals surface area (Å²) in [5, 5.41) is 11.8. The minimum atomic E-state index is 0.340. The molecule has 1 aromatic heterocycles. The Hall–Kier alpha value is -3.70. The third-order valence-corrected chi connectivity index (χ3v) is 7.15. The van der Waals surface area contributed by atoms with Gasteiger partial charge in [0.15, 0.2) is 0 Å². The van der Waals surface area contributed by atoms with Crippen LogP contribution in [0.25, 0.3) is 16.8 Å². The summed E-state index contributed by atoms with van der Waals surface area (Å²) in [4.78, 5) is 2.61. The van der Waals surface area contributed by atoms with Crippen LogP contribution in [0.3, 0.4) is 0 Å². The molecule has 2 aliphatic rings. The highest BCUT2D eigenvalue weighted by Crippen LogP contribution is 2.46. The smallest absolute Gasteiger partial charge is 0.0689 e. The molecule has 5 heteroatoms. The molecule has 4 aromatic rings. The van der Waals surface area contributed by atoms with E-state index in [4.69, 9.17) is 10.2 Å². The van der Waals surface area contributed by atoms with E-state index in [9.17, 15) is 0 Å². The summed E-state index contributed by atoms with van der Waals surface area (Å²) in [6.07, 6.45) is 1.99. The molecule has 0 radical (unpaired) electrons.